The molecule has 0 heterocycles. The van der Waals surface area contributed by atoms with Crippen molar-refractivity contribution in [2.75, 3.05) is 13.2 Å². The first kappa shape index (κ1) is 16.6. The molecule has 0 aromatic heterocycles. The molecule has 2 aliphatic carbocycles. The number of rotatable bonds is 7. The van der Waals surface area contributed by atoms with E-state index in [1.54, 1.807) is 12.2 Å². The van der Waals surface area contributed by atoms with Crippen LogP contribution in [0, 0.1) is 23.7 Å². The van der Waals surface area contributed by atoms with Gasteiger partial charge in [-0.1, -0.05) is 12.2 Å². The maximum atomic E-state index is 14.8. The summed E-state index contributed by atoms with van der Waals surface area (Å²) in [5.74, 6) is -5.17. The van der Waals surface area contributed by atoms with Gasteiger partial charge in [-0.15, -0.1) is 0 Å². The Bertz CT molecular complexity index is 483. The number of fused-ring (bicyclic) bond motifs is 2. The zero-order valence-corrected chi connectivity index (χ0v) is 12.8. The maximum absolute atomic E-state index is 14.8. The molecule has 0 radical (unpaired) electrons. The number of halogens is 2. The van der Waals surface area contributed by atoms with Crippen molar-refractivity contribution >= 4 is 13.6 Å². The third-order valence-electron chi connectivity index (χ3n) is 4.11. The molecular weight excluding hydrogens is 305 g/mol. The molecule has 0 spiro atoms. The van der Waals surface area contributed by atoms with Crippen molar-refractivity contribution in [3.05, 3.63) is 12.2 Å². The van der Waals surface area contributed by atoms with Crippen LogP contribution in [0.5, 0.6) is 0 Å². The summed E-state index contributed by atoms with van der Waals surface area (Å²) in [6.45, 7) is 2.50. The summed E-state index contributed by atoms with van der Waals surface area (Å²) in [5, 5.41) is 9.26. The maximum Gasteiger partial charge on any atom is 0.399 e. The second-order valence-corrected chi connectivity index (χ2v) is 7.37. The van der Waals surface area contributed by atoms with Gasteiger partial charge in [0.25, 0.3) is 0 Å². The summed E-state index contributed by atoms with van der Waals surface area (Å²) < 4.78 is 51.6. The molecule has 2 aliphatic rings. The molecule has 1 fully saturated rings. The molecule has 0 aliphatic heterocycles. The monoisotopic (exact) mass is 324 g/mol. The first-order chi connectivity index (χ1) is 9.78. The summed E-state index contributed by atoms with van der Waals surface area (Å²) in [6.07, 6.45) is 3.59. The fraction of sp³-hybridized carbons (Fsp3) is 0.769. The number of hydrogen-bond acceptors (Lipinski definition) is 4. The van der Waals surface area contributed by atoms with Gasteiger partial charge < -0.3 is 14.2 Å². The van der Waals surface area contributed by atoms with Gasteiger partial charge in [-0.3, -0.25) is 9.36 Å². The fourth-order valence-corrected chi connectivity index (χ4v) is 5.18. The molecule has 0 aromatic carbocycles. The summed E-state index contributed by atoms with van der Waals surface area (Å²) in [7, 11) is -4.71. The third kappa shape index (κ3) is 2.56. The first-order valence-electron chi connectivity index (χ1n) is 6.96. The van der Waals surface area contributed by atoms with E-state index in [1.165, 1.54) is 13.8 Å². The highest BCUT2D eigenvalue weighted by Gasteiger charge is 2.67. The minimum absolute atomic E-state index is 0.193. The lowest BCUT2D eigenvalue weighted by Crippen LogP contribution is -2.41. The van der Waals surface area contributed by atoms with E-state index in [4.69, 9.17) is 9.05 Å². The van der Waals surface area contributed by atoms with Gasteiger partial charge in [-0.05, 0) is 32.1 Å². The number of allylic oxidation sites excluding steroid dienone is 2. The smallest absolute Gasteiger partial charge is 0.399 e. The molecule has 1 N–H and O–H groups in total. The molecule has 0 amide bonds. The number of carboxylic acid groups (broad SMARTS) is 1. The van der Waals surface area contributed by atoms with Crippen molar-refractivity contribution in [3.8, 4) is 0 Å². The van der Waals surface area contributed by atoms with Crippen molar-refractivity contribution in [2.45, 2.75) is 25.9 Å². The SMILES string of the molecule is CCOP(=O)(OCC)C(F)(F)[C@@H]1[C@@H](C(=O)O)[C@@H]2C=C[C@H]1C2. The zero-order chi connectivity index (χ0) is 15.8. The lowest BCUT2D eigenvalue weighted by atomic mass is 9.83. The Kier molecular flexibility index (Phi) is 4.57. The Labute approximate surface area is 121 Å². The van der Waals surface area contributed by atoms with Crippen molar-refractivity contribution in [1.82, 2.24) is 0 Å². The quantitative estimate of drug-likeness (QED) is 0.574. The molecule has 21 heavy (non-hydrogen) atoms. The zero-order valence-electron chi connectivity index (χ0n) is 11.9. The molecule has 2 rings (SSSR count). The number of hydrogen-bond donors (Lipinski definition) is 1. The van der Waals surface area contributed by atoms with Crippen molar-refractivity contribution in [2.24, 2.45) is 23.7 Å². The Morgan fingerprint density at radius 2 is 1.81 bits per heavy atom. The van der Waals surface area contributed by atoms with E-state index in [-0.39, 0.29) is 13.2 Å². The van der Waals surface area contributed by atoms with E-state index in [0.29, 0.717) is 6.42 Å². The summed E-state index contributed by atoms with van der Waals surface area (Å²) >= 11 is 0. The molecule has 4 atom stereocenters. The predicted molar refractivity (Wildman–Crippen MR) is 71.2 cm³/mol. The topological polar surface area (TPSA) is 72.8 Å². The van der Waals surface area contributed by atoms with Crippen LogP contribution in [0.2, 0.25) is 0 Å². The van der Waals surface area contributed by atoms with Crippen molar-refractivity contribution in [3.63, 3.8) is 0 Å². The molecule has 0 aromatic rings. The van der Waals surface area contributed by atoms with E-state index in [0.717, 1.165) is 0 Å². The van der Waals surface area contributed by atoms with Crippen molar-refractivity contribution < 1.29 is 32.3 Å². The van der Waals surface area contributed by atoms with Gasteiger partial charge in [0, 0.05) is 0 Å². The second-order valence-electron chi connectivity index (χ2n) is 5.26. The van der Waals surface area contributed by atoms with E-state index >= 15 is 0 Å². The second kappa shape index (κ2) is 5.78. The van der Waals surface area contributed by atoms with E-state index in [9.17, 15) is 23.2 Å². The third-order valence-corrected chi connectivity index (χ3v) is 6.33. The van der Waals surface area contributed by atoms with Crippen LogP contribution in [-0.4, -0.2) is 30.0 Å². The minimum atomic E-state index is -4.71. The van der Waals surface area contributed by atoms with Gasteiger partial charge in [-0.25, -0.2) is 0 Å². The van der Waals surface area contributed by atoms with Crippen LogP contribution in [0.15, 0.2) is 12.2 Å². The molecule has 1 saturated carbocycles. The van der Waals surface area contributed by atoms with Crippen LogP contribution in [0.4, 0.5) is 8.78 Å². The average Bonchev–Trinajstić information content (AvgIpc) is 2.99. The summed E-state index contributed by atoms with van der Waals surface area (Å²) in [4.78, 5) is 11.4. The summed E-state index contributed by atoms with van der Waals surface area (Å²) in [6, 6.07) is 0. The van der Waals surface area contributed by atoms with E-state index in [2.05, 4.69) is 0 Å². The van der Waals surface area contributed by atoms with Crippen molar-refractivity contribution in [1.29, 1.82) is 0 Å². The Balaban J connectivity index is 2.39. The highest BCUT2D eigenvalue weighted by molar-refractivity contribution is 7.55. The number of alkyl halides is 2. The van der Waals surface area contributed by atoms with Crippen LogP contribution in [0.25, 0.3) is 0 Å². The molecule has 0 saturated heterocycles. The molecular formula is C13H19F2O5P. The Morgan fingerprint density at radius 3 is 2.29 bits per heavy atom. The number of aliphatic carboxylic acids is 1. The molecule has 2 bridgehead atoms. The van der Waals surface area contributed by atoms with Gasteiger partial charge in [0.05, 0.1) is 25.0 Å². The first-order valence-corrected chi connectivity index (χ1v) is 8.51. The minimum Gasteiger partial charge on any atom is -0.481 e. The van der Waals surface area contributed by atoms with Gasteiger partial charge >= 0.3 is 19.2 Å². The fourth-order valence-electron chi connectivity index (χ4n) is 3.36. The Hall–Kier alpha value is -0.780. The van der Waals surface area contributed by atoms with Gasteiger partial charge in [0.15, 0.2) is 0 Å². The van der Waals surface area contributed by atoms with E-state index < -0.39 is 42.9 Å². The number of carbonyl (C=O) groups is 1. The molecule has 5 nitrogen and oxygen atoms in total. The molecule has 8 heteroatoms. The van der Waals surface area contributed by atoms with Gasteiger partial charge in [-0.2, -0.15) is 8.78 Å². The van der Waals surface area contributed by atoms with Crippen LogP contribution in [0.3, 0.4) is 0 Å². The van der Waals surface area contributed by atoms with Gasteiger partial charge in [0.1, 0.15) is 0 Å². The van der Waals surface area contributed by atoms with Crippen LogP contribution in [0.1, 0.15) is 20.3 Å². The normalized spacial score (nSPS) is 31.8. The van der Waals surface area contributed by atoms with Crippen LogP contribution in [-0.2, 0) is 18.4 Å². The van der Waals surface area contributed by atoms with Crippen LogP contribution < -0.4 is 0 Å². The van der Waals surface area contributed by atoms with Crippen LogP contribution >= 0.6 is 7.60 Å². The molecule has 0 unspecified atom stereocenters. The summed E-state index contributed by atoms with van der Waals surface area (Å²) in [5.41, 5.74) is -3.83. The Morgan fingerprint density at radius 1 is 1.29 bits per heavy atom. The number of carboxylic acids is 1. The largest absolute Gasteiger partial charge is 0.481 e. The highest BCUT2D eigenvalue weighted by Crippen LogP contribution is 2.70. The average molecular weight is 324 g/mol. The predicted octanol–water partition coefficient (Wildman–Crippen LogP) is 3.37. The van der Waals surface area contributed by atoms with E-state index in [1.807, 2.05) is 0 Å². The standard InChI is InChI=1S/C13H19F2O5P/c1-3-19-21(18,20-4-2)13(14,15)11-9-6-5-8(7-9)10(11)12(16)17/h5-6,8-11H,3-4,7H2,1-2H3,(H,16,17)/t8-,9+,10+,11+/m1/s1. The molecule has 120 valence electrons. The van der Waals surface area contributed by atoms with Gasteiger partial charge in [0.2, 0.25) is 0 Å². The lowest BCUT2D eigenvalue weighted by molar-refractivity contribution is -0.149. The lowest BCUT2D eigenvalue weighted by Gasteiger charge is -2.35. The highest BCUT2D eigenvalue weighted by atomic mass is 31.2.